The summed E-state index contributed by atoms with van der Waals surface area (Å²) in [6.45, 7) is 9.38. The van der Waals surface area contributed by atoms with Gasteiger partial charge in [0.2, 0.25) is 0 Å². The van der Waals surface area contributed by atoms with Crippen LogP contribution in [0.5, 0.6) is 0 Å². The Morgan fingerprint density at radius 1 is 1.37 bits per heavy atom. The standard InChI is InChI=1S/C20H33FN6/c1-15-6-5-10-26(13-15)16(2)12-24-20(22-3)25-17-8-11-27(14-17)19-18(21)7-4-9-23-19/h4,7,9,15-17H,5-6,8,10-14H2,1-3H3,(H2,22,24,25). The number of pyridine rings is 1. The highest BCUT2D eigenvalue weighted by atomic mass is 19.1. The molecule has 3 heterocycles. The summed E-state index contributed by atoms with van der Waals surface area (Å²) in [5, 5.41) is 6.94. The summed E-state index contributed by atoms with van der Waals surface area (Å²) in [4.78, 5) is 13.1. The molecule has 0 aromatic carbocycles. The third kappa shape index (κ3) is 5.31. The van der Waals surface area contributed by atoms with Crippen LogP contribution in [-0.2, 0) is 0 Å². The molecular formula is C20H33FN6. The minimum absolute atomic E-state index is 0.239. The van der Waals surface area contributed by atoms with E-state index >= 15 is 0 Å². The molecule has 3 rings (SSSR count). The molecule has 2 saturated heterocycles. The predicted molar refractivity (Wildman–Crippen MR) is 109 cm³/mol. The van der Waals surface area contributed by atoms with E-state index < -0.39 is 0 Å². The molecule has 3 atom stereocenters. The normalized spacial score (nSPS) is 25.5. The number of nitrogens with zero attached hydrogens (tertiary/aromatic N) is 4. The van der Waals surface area contributed by atoms with E-state index in [0.29, 0.717) is 11.9 Å². The largest absolute Gasteiger partial charge is 0.355 e. The average molecular weight is 377 g/mol. The summed E-state index contributed by atoms with van der Waals surface area (Å²) in [5.41, 5.74) is 0. The first-order valence-electron chi connectivity index (χ1n) is 10.1. The van der Waals surface area contributed by atoms with Crippen molar-refractivity contribution in [3.05, 3.63) is 24.1 Å². The first-order valence-corrected chi connectivity index (χ1v) is 10.1. The van der Waals surface area contributed by atoms with Crippen LogP contribution < -0.4 is 15.5 Å². The van der Waals surface area contributed by atoms with Crippen molar-refractivity contribution in [1.29, 1.82) is 0 Å². The predicted octanol–water partition coefficient (Wildman–Crippen LogP) is 2.08. The molecule has 0 saturated carbocycles. The molecule has 0 radical (unpaired) electrons. The molecule has 3 unspecified atom stereocenters. The number of aromatic nitrogens is 1. The van der Waals surface area contributed by atoms with E-state index in [4.69, 9.17) is 0 Å². The van der Waals surface area contributed by atoms with E-state index in [1.165, 1.54) is 32.0 Å². The Bertz CT molecular complexity index is 637. The fraction of sp³-hybridized carbons (Fsp3) is 0.700. The van der Waals surface area contributed by atoms with Gasteiger partial charge in [-0.3, -0.25) is 9.89 Å². The molecule has 1 aromatic heterocycles. The lowest BCUT2D eigenvalue weighted by Gasteiger charge is -2.35. The lowest BCUT2D eigenvalue weighted by atomic mass is 9.99. The second-order valence-electron chi connectivity index (χ2n) is 7.93. The number of rotatable bonds is 5. The van der Waals surface area contributed by atoms with Gasteiger partial charge in [-0.2, -0.15) is 0 Å². The maximum atomic E-state index is 13.9. The van der Waals surface area contributed by atoms with E-state index in [1.807, 2.05) is 4.90 Å². The Balaban J connectivity index is 1.46. The molecule has 2 fully saturated rings. The molecule has 0 aliphatic carbocycles. The van der Waals surface area contributed by atoms with Gasteiger partial charge in [-0.25, -0.2) is 9.37 Å². The number of aliphatic imine (C=N–C) groups is 1. The van der Waals surface area contributed by atoms with Gasteiger partial charge in [0.05, 0.1) is 0 Å². The number of nitrogens with one attached hydrogen (secondary N) is 2. The molecule has 2 aliphatic rings. The van der Waals surface area contributed by atoms with Crippen molar-refractivity contribution < 1.29 is 4.39 Å². The van der Waals surface area contributed by atoms with Crippen LogP contribution in [0.3, 0.4) is 0 Å². The Morgan fingerprint density at radius 3 is 2.96 bits per heavy atom. The minimum atomic E-state index is -0.259. The van der Waals surface area contributed by atoms with Crippen LogP contribution in [0.1, 0.15) is 33.1 Å². The van der Waals surface area contributed by atoms with Crippen LogP contribution in [0.4, 0.5) is 10.2 Å². The number of hydrogen-bond acceptors (Lipinski definition) is 4. The number of halogens is 1. The first-order chi connectivity index (χ1) is 13.1. The van der Waals surface area contributed by atoms with Crippen molar-refractivity contribution in [3.63, 3.8) is 0 Å². The van der Waals surface area contributed by atoms with Gasteiger partial charge in [0.25, 0.3) is 0 Å². The number of piperidine rings is 1. The molecule has 0 spiro atoms. The zero-order valence-electron chi connectivity index (χ0n) is 16.8. The maximum Gasteiger partial charge on any atom is 0.191 e. The van der Waals surface area contributed by atoms with E-state index in [0.717, 1.165) is 37.9 Å². The number of hydrogen-bond donors (Lipinski definition) is 2. The zero-order valence-corrected chi connectivity index (χ0v) is 16.8. The molecule has 7 heteroatoms. The van der Waals surface area contributed by atoms with E-state index in [9.17, 15) is 4.39 Å². The fourth-order valence-electron chi connectivity index (χ4n) is 4.07. The Morgan fingerprint density at radius 2 is 2.22 bits per heavy atom. The van der Waals surface area contributed by atoms with Crippen molar-refractivity contribution in [3.8, 4) is 0 Å². The van der Waals surface area contributed by atoms with Crippen molar-refractivity contribution in [2.75, 3.05) is 44.7 Å². The molecule has 6 nitrogen and oxygen atoms in total. The highest BCUT2D eigenvalue weighted by Gasteiger charge is 2.26. The second-order valence-corrected chi connectivity index (χ2v) is 7.93. The van der Waals surface area contributed by atoms with Crippen molar-refractivity contribution in [1.82, 2.24) is 20.5 Å². The molecule has 0 amide bonds. The van der Waals surface area contributed by atoms with Crippen LogP contribution in [-0.4, -0.2) is 67.7 Å². The Hall–Kier alpha value is -1.89. The number of anilines is 1. The van der Waals surface area contributed by atoms with E-state index in [1.54, 1.807) is 19.3 Å². The molecule has 150 valence electrons. The summed E-state index contributed by atoms with van der Waals surface area (Å²) in [6.07, 6.45) is 5.22. The highest BCUT2D eigenvalue weighted by Crippen LogP contribution is 2.21. The molecular weight excluding hydrogens is 343 g/mol. The molecule has 27 heavy (non-hydrogen) atoms. The van der Waals surface area contributed by atoms with Crippen LogP contribution in [0.25, 0.3) is 0 Å². The van der Waals surface area contributed by atoms with E-state index in [2.05, 4.69) is 39.4 Å². The van der Waals surface area contributed by atoms with Crippen molar-refractivity contribution in [2.24, 2.45) is 10.9 Å². The van der Waals surface area contributed by atoms with Crippen molar-refractivity contribution >= 4 is 11.8 Å². The van der Waals surface area contributed by atoms with Gasteiger partial charge >= 0.3 is 0 Å². The third-order valence-corrected chi connectivity index (χ3v) is 5.67. The van der Waals surface area contributed by atoms with Gasteiger partial charge in [0.15, 0.2) is 17.6 Å². The topological polar surface area (TPSA) is 55.8 Å². The lowest BCUT2D eigenvalue weighted by Crippen LogP contribution is -2.50. The maximum absolute atomic E-state index is 13.9. The van der Waals surface area contributed by atoms with Crippen LogP contribution in [0.15, 0.2) is 23.3 Å². The average Bonchev–Trinajstić information content (AvgIpc) is 3.13. The van der Waals surface area contributed by atoms with Crippen LogP contribution in [0, 0.1) is 11.7 Å². The lowest BCUT2D eigenvalue weighted by molar-refractivity contribution is 0.139. The molecule has 2 aliphatic heterocycles. The first kappa shape index (κ1) is 19.9. The Labute approximate surface area is 162 Å². The third-order valence-electron chi connectivity index (χ3n) is 5.67. The van der Waals surface area contributed by atoms with Gasteiger partial charge < -0.3 is 15.5 Å². The summed E-state index contributed by atoms with van der Waals surface area (Å²) in [7, 11) is 1.80. The van der Waals surface area contributed by atoms with Gasteiger partial charge in [0, 0.05) is 51.5 Å². The van der Waals surface area contributed by atoms with Crippen LogP contribution >= 0.6 is 0 Å². The van der Waals surface area contributed by atoms with Gasteiger partial charge in [-0.15, -0.1) is 0 Å². The van der Waals surface area contributed by atoms with Gasteiger partial charge in [0.1, 0.15) is 0 Å². The molecule has 0 bridgehead atoms. The summed E-state index contributed by atoms with van der Waals surface area (Å²) in [6, 6.07) is 3.81. The van der Waals surface area contributed by atoms with Gasteiger partial charge in [-0.05, 0) is 50.8 Å². The van der Waals surface area contributed by atoms with E-state index in [-0.39, 0.29) is 11.9 Å². The Kier molecular flexibility index (Phi) is 6.88. The number of guanidine groups is 1. The van der Waals surface area contributed by atoms with Crippen molar-refractivity contribution in [2.45, 2.75) is 45.2 Å². The molecule has 2 N–H and O–H groups in total. The monoisotopic (exact) mass is 376 g/mol. The zero-order chi connectivity index (χ0) is 19.2. The fourth-order valence-corrected chi connectivity index (χ4v) is 4.07. The molecule has 1 aromatic rings. The minimum Gasteiger partial charge on any atom is -0.355 e. The van der Waals surface area contributed by atoms with Crippen LogP contribution in [0.2, 0.25) is 0 Å². The highest BCUT2D eigenvalue weighted by molar-refractivity contribution is 5.80. The summed E-state index contributed by atoms with van der Waals surface area (Å²) >= 11 is 0. The summed E-state index contributed by atoms with van der Waals surface area (Å²) in [5.74, 6) is 1.79. The smallest absolute Gasteiger partial charge is 0.191 e. The quantitative estimate of drug-likeness (QED) is 0.609. The van der Waals surface area contributed by atoms with Gasteiger partial charge in [-0.1, -0.05) is 6.92 Å². The number of likely N-dealkylation sites (tertiary alicyclic amines) is 1. The summed E-state index contributed by atoms with van der Waals surface area (Å²) < 4.78 is 13.9. The second kappa shape index (κ2) is 9.35. The SMILES string of the molecule is CN=C(NCC(C)N1CCCC(C)C1)NC1CCN(c2ncccc2F)C1.